The minimum Gasteiger partial charge on any atom is -0.465 e. The highest BCUT2D eigenvalue weighted by Gasteiger charge is 2.44. The van der Waals surface area contributed by atoms with Gasteiger partial charge in [-0.15, -0.1) is 0 Å². The van der Waals surface area contributed by atoms with Gasteiger partial charge in [-0.3, -0.25) is 10.1 Å². The fraction of sp³-hybridized carbons (Fsp3) is 0.615. The molecule has 0 bridgehead atoms. The van der Waals surface area contributed by atoms with E-state index in [-0.39, 0.29) is 34.3 Å². The summed E-state index contributed by atoms with van der Waals surface area (Å²) >= 11 is 5.72. The molecule has 126 valence electrons. The average Bonchev–Trinajstić information content (AvgIpc) is 2.82. The van der Waals surface area contributed by atoms with Gasteiger partial charge >= 0.3 is 11.8 Å². The second-order valence-electron chi connectivity index (χ2n) is 6.46. The van der Waals surface area contributed by atoms with E-state index in [1.807, 2.05) is 20.8 Å². The van der Waals surface area contributed by atoms with Gasteiger partial charge in [0.15, 0.2) is 0 Å². The van der Waals surface area contributed by atoms with Gasteiger partial charge in [0.2, 0.25) is 11.1 Å². The Labute approximate surface area is 137 Å². The maximum Gasteiger partial charge on any atom is 0.407 e. The van der Waals surface area contributed by atoms with E-state index in [1.54, 1.807) is 0 Å². The lowest BCUT2D eigenvalue weighted by molar-refractivity contribution is -0.384. The summed E-state index contributed by atoms with van der Waals surface area (Å²) in [5.41, 5.74) is -0.645. The number of anilines is 1. The summed E-state index contributed by atoms with van der Waals surface area (Å²) in [5.74, 6) is 0.00138. The van der Waals surface area contributed by atoms with Crippen molar-refractivity contribution in [1.82, 2.24) is 14.9 Å². The highest BCUT2D eigenvalue weighted by atomic mass is 35.5. The first kappa shape index (κ1) is 17.2. The summed E-state index contributed by atoms with van der Waals surface area (Å²) in [7, 11) is 0. The summed E-state index contributed by atoms with van der Waals surface area (Å²) in [5, 5.41) is 23.3. The smallest absolute Gasteiger partial charge is 0.407 e. The van der Waals surface area contributed by atoms with Gasteiger partial charge < -0.3 is 15.3 Å². The van der Waals surface area contributed by atoms with Gasteiger partial charge in [-0.1, -0.05) is 20.8 Å². The molecular weight excluding hydrogens is 326 g/mol. The van der Waals surface area contributed by atoms with Gasteiger partial charge in [-0.2, -0.15) is 4.98 Å². The Morgan fingerprint density at radius 1 is 1.57 bits per heavy atom. The molecule has 1 aliphatic rings. The van der Waals surface area contributed by atoms with E-state index in [0.717, 1.165) is 6.20 Å². The molecule has 0 spiro atoms. The number of hydrogen-bond acceptors (Lipinski definition) is 6. The normalized spacial score (nSPS) is 21.3. The number of carbonyl (C=O) groups is 1. The predicted molar refractivity (Wildman–Crippen MR) is 83.7 cm³/mol. The summed E-state index contributed by atoms with van der Waals surface area (Å²) in [6.45, 7) is 6.13. The van der Waals surface area contributed by atoms with Gasteiger partial charge in [0.1, 0.15) is 6.20 Å². The van der Waals surface area contributed by atoms with Crippen molar-refractivity contribution in [2.75, 3.05) is 11.9 Å². The first-order chi connectivity index (χ1) is 10.6. The van der Waals surface area contributed by atoms with Gasteiger partial charge in [-0.05, 0) is 23.4 Å². The predicted octanol–water partition coefficient (Wildman–Crippen LogP) is 2.62. The number of rotatable bonds is 3. The topological polar surface area (TPSA) is 121 Å². The molecule has 10 heteroatoms. The summed E-state index contributed by atoms with van der Waals surface area (Å²) in [4.78, 5) is 30.8. The number of nitrogens with one attached hydrogen (secondary N) is 1. The Morgan fingerprint density at radius 2 is 2.22 bits per heavy atom. The Balaban J connectivity index is 2.34. The average molecular weight is 344 g/mol. The number of halogens is 1. The summed E-state index contributed by atoms with van der Waals surface area (Å²) in [6, 6.07) is -0.663. The van der Waals surface area contributed by atoms with Crippen LogP contribution in [-0.2, 0) is 0 Å². The lowest BCUT2D eigenvalue weighted by atomic mass is 9.82. The van der Waals surface area contributed by atoms with E-state index < -0.39 is 11.0 Å². The van der Waals surface area contributed by atoms with Crippen molar-refractivity contribution in [3.05, 3.63) is 21.6 Å². The van der Waals surface area contributed by atoms with E-state index in [9.17, 15) is 20.0 Å². The molecule has 0 aliphatic carbocycles. The third-order valence-corrected chi connectivity index (χ3v) is 3.97. The molecule has 23 heavy (non-hydrogen) atoms. The number of nitrogens with zero attached hydrogens (tertiary/aromatic N) is 4. The van der Waals surface area contributed by atoms with E-state index in [1.165, 1.54) is 4.90 Å². The highest BCUT2D eigenvalue weighted by molar-refractivity contribution is 6.28. The Bertz CT molecular complexity index is 633. The zero-order chi connectivity index (χ0) is 17.4. The van der Waals surface area contributed by atoms with Crippen LogP contribution in [0.15, 0.2) is 6.20 Å². The van der Waals surface area contributed by atoms with Crippen LogP contribution in [0.1, 0.15) is 27.2 Å². The molecule has 2 unspecified atom stereocenters. The number of hydrogen-bond donors (Lipinski definition) is 2. The number of amides is 1. The molecule has 0 radical (unpaired) electrons. The lowest BCUT2D eigenvalue weighted by Gasteiger charge is -2.37. The first-order valence-electron chi connectivity index (χ1n) is 7.04. The Kier molecular flexibility index (Phi) is 4.60. The molecule has 1 aromatic rings. The zero-order valence-electron chi connectivity index (χ0n) is 13.0. The molecule has 1 amide bonds. The van der Waals surface area contributed by atoms with Gasteiger partial charge in [0.05, 0.1) is 17.0 Å². The molecule has 0 saturated carbocycles. The SMILES string of the molecule is CC(C)(C)C1C(Nc2nc(Cl)ncc2[N+](=O)[O-])CCN1C(=O)O. The first-order valence-corrected chi connectivity index (χ1v) is 7.42. The number of aromatic nitrogens is 2. The Hall–Kier alpha value is -2.16. The highest BCUT2D eigenvalue weighted by Crippen LogP contribution is 2.35. The fourth-order valence-electron chi connectivity index (χ4n) is 3.00. The van der Waals surface area contributed by atoms with Crippen LogP contribution < -0.4 is 5.32 Å². The molecule has 2 atom stereocenters. The fourth-order valence-corrected chi connectivity index (χ4v) is 3.13. The summed E-state index contributed by atoms with van der Waals surface area (Å²) < 4.78 is 0. The molecular formula is C13H18ClN5O4. The molecule has 1 fully saturated rings. The maximum absolute atomic E-state index is 11.4. The second kappa shape index (κ2) is 6.15. The van der Waals surface area contributed by atoms with Crippen LogP contribution in [0.2, 0.25) is 5.28 Å². The third-order valence-electron chi connectivity index (χ3n) is 3.79. The van der Waals surface area contributed by atoms with Crippen LogP contribution >= 0.6 is 11.6 Å². The van der Waals surface area contributed by atoms with Crippen LogP contribution in [0.25, 0.3) is 0 Å². The van der Waals surface area contributed by atoms with E-state index in [2.05, 4.69) is 15.3 Å². The monoisotopic (exact) mass is 343 g/mol. The van der Waals surface area contributed by atoms with Crippen molar-refractivity contribution in [3.8, 4) is 0 Å². The van der Waals surface area contributed by atoms with E-state index >= 15 is 0 Å². The summed E-state index contributed by atoms with van der Waals surface area (Å²) in [6.07, 6.45) is 0.546. The Morgan fingerprint density at radius 3 is 2.74 bits per heavy atom. The van der Waals surface area contributed by atoms with Crippen molar-refractivity contribution in [2.45, 2.75) is 39.3 Å². The van der Waals surface area contributed by atoms with Gasteiger partial charge in [0.25, 0.3) is 0 Å². The van der Waals surface area contributed by atoms with E-state index in [4.69, 9.17) is 11.6 Å². The minimum atomic E-state index is -1.01. The molecule has 2 rings (SSSR count). The van der Waals surface area contributed by atoms with Crippen molar-refractivity contribution >= 4 is 29.2 Å². The third kappa shape index (κ3) is 3.61. The largest absolute Gasteiger partial charge is 0.465 e. The molecule has 0 aromatic carbocycles. The maximum atomic E-state index is 11.4. The van der Waals surface area contributed by atoms with Crippen molar-refractivity contribution in [3.63, 3.8) is 0 Å². The minimum absolute atomic E-state index is 0.00138. The van der Waals surface area contributed by atoms with Crippen LogP contribution in [0, 0.1) is 15.5 Å². The molecule has 1 aromatic heterocycles. The second-order valence-corrected chi connectivity index (χ2v) is 6.79. The molecule has 2 heterocycles. The van der Waals surface area contributed by atoms with E-state index in [0.29, 0.717) is 13.0 Å². The number of likely N-dealkylation sites (tertiary alicyclic amines) is 1. The van der Waals surface area contributed by atoms with Crippen molar-refractivity contribution < 1.29 is 14.8 Å². The van der Waals surface area contributed by atoms with Crippen LogP contribution in [0.4, 0.5) is 16.3 Å². The standard InChI is InChI=1S/C13H18ClN5O4/c1-13(2,3)9-7(4-5-18(9)12(20)21)16-10-8(19(22)23)6-15-11(14)17-10/h6-7,9H,4-5H2,1-3H3,(H,20,21)(H,15,16,17). The zero-order valence-corrected chi connectivity index (χ0v) is 13.7. The van der Waals surface area contributed by atoms with Crippen molar-refractivity contribution in [1.29, 1.82) is 0 Å². The quantitative estimate of drug-likeness (QED) is 0.491. The molecule has 9 nitrogen and oxygen atoms in total. The number of nitro groups is 1. The lowest BCUT2D eigenvalue weighted by Crippen LogP contribution is -2.49. The van der Waals surface area contributed by atoms with Crippen LogP contribution in [0.5, 0.6) is 0 Å². The van der Waals surface area contributed by atoms with Gasteiger partial charge in [0, 0.05) is 6.54 Å². The number of carboxylic acid groups (broad SMARTS) is 1. The molecule has 1 saturated heterocycles. The van der Waals surface area contributed by atoms with Crippen LogP contribution in [-0.4, -0.2) is 49.6 Å². The van der Waals surface area contributed by atoms with Crippen molar-refractivity contribution in [2.24, 2.45) is 5.41 Å². The van der Waals surface area contributed by atoms with Crippen LogP contribution in [0.3, 0.4) is 0 Å². The van der Waals surface area contributed by atoms with Gasteiger partial charge in [-0.25, -0.2) is 9.78 Å². The molecule has 2 N–H and O–H groups in total. The molecule has 1 aliphatic heterocycles.